The van der Waals surface area contributed by atoms with Gasteiger partial charge < -0.3 is 4.74 Å². The lowest BCUT2D eigenvalue weighted by molar-refractivity contribution is -0.0185. The number of amides is 1. The first-order valence-electron chi connectivity index (χ1n) is 9.49. The van der Waals surface area contributed by atoms with Gasteiger partial charge in [0.1, 0.15) is 0 Å². The second-order valence-corrected chi connectivity index (χ2v) is 9.42. The van der Waals surface area contributed by atoms with Gasteiger partial charge in [-0.15, -0.1) is 0 Å². The van der Waals surface area contributed by atoms with Crippen LogP contribution in [0.2, 0.25) is 0 Å². The maximum Gasteiger partial charge on any atom is 0.410 e. The fourth-order valence-corrected chi connectivity index (χ4v) is 5.41. The van der Waals surface area contributed by atoms with Crippen LogP contribution >= 0.6 is 0 Å². The molecule has 1 amide bonds. The van der Waals surface area contributed by atoms with E-state index in [9.17, 15) is 13.2 Å². The number of benzene rings is 2. The topological polar surface area (TPSA) is 66.9 Å². The van der Waals surface area contributed by atoms with E-state index in [0.29, 0.717) is 37.6 Å². The van der Waals surface area contributed by atoms with Crippen molar-refractivity contribution < 1.29 is 17.9 Å². The van der Waals surface area contributed by atoms with Gasteiger partial charge in [0.05, 0.1) is 17.5 Å². The minimum atomic E-state index is -3.59. The number of piperidine rings is 1. The van der Waals surface area contributed by atoms with E-state index in [-0.39, 0.29) is 18.1 Å². The van der Waals surface area contributed by atoms with E-state index in [1.54, 1.807) is 29.2 Å². The Labute approximate surface area is 165 Å². The summed E-state index contributed by atoms with van der Waals surface area (Å²) in [4.78, 5) is 14.4. The van der Waals surface area contributed by atoms with E-state index >= 15 is 0 Å². The van der Waals surface area contributed by atoms with Crippen molar-refractivity contribution in [3.8, 4) is 0 Å². The van der Waals surface area contributed by atoms with Gasteiger partial charge >= 0.3 is 6.09 Å². The minimum absolute atomic E-state index is 0.144. The molecule has 148 valence electrons. The summed E-state index contributed by atoms with van der Waals surface area (Å²) in [6, 6.07) is 16.4. The highest BCUT2D eigenvalue weighted by Crippen LogP contribution is 2.31. The molecule has 2 aliphatic rings. The van der Waals surface area contributed by atoms with Gasteiger partial charge in [-0.2, -0.15) is 4.31 Å². The fourth-order valence-electron chi connectivity index (χ4n) is 3.93. The van der Waals surface area contributed by atoms with Gasteiger partial charge in [0.2, 0.25) is 10.0 Å². The highest BCUT2D eigenvalue weighted by molar-refractivity contribution is 7.89. The van der Waals surface area contributed by atoms with Crippen LogP contribution in [0.1, 0.15) is 17.5 Å². The molecule has 2 saturated heterocycles. The molecule has 0 bridgehead atoms. The first-order valence-corrected chi connectivity index (χ1v) is 10.9. The summed E-state index contributed by atoms with van der Waals surface area (Å²) >= 11 is 0. The third-order valence-electron chi connectivity index (χ3n) is 5.59. The number of sulfonamides is 1. The Morgan fingerprint density at radius 3 is 2.50 bits per heavy atom. The zero-order chi connectivity index (χ0) is 19.7. The Bertz CT molecular complexity index is 944. The van der Waals surface area contributed by atoms with Crippen LogP contribution in [-0.2, 0) is 21.3 Å². The standard InChI is InChI=1S/C21H24N2O4S/c1-16-7-9-19(10-8-16)28(25,26)22-12-11-18-15-27-21(24)23(20(18)14-22)13-17-5-3-2-4-6-17/h2-10,18,20H,11-15H2,1H3/t18-,20-/m1/s1. The van der Waals surface area contributed by atoms with Crippen molar-refractivity contribution in [2.75, 3.05) is 19.7 Å². The number of carbonyl (C=O) groups is 1. The van der Waals surface area contributed by atoms with Gasteiger partial charge in [-0.25, -0.2) is 13.2 Å². The monoisotopic (exact) mass is 400 g/mol. The number of ether oxygens (including phenoxy) is 1. The summed E-state index contributed by atoms with van der Waals surface area (Å²) in [5, 5.41) is 0. The molecule has 28 heavy (non-hydrogen) atoms. The summed E-state index contributed by atoms with van der Waals surface area (Å²) in [5.74, 6) is 0.144. The molecule has 2 aromatic carbocycles. The van der Waals surface area contributed by atoms with Crippen LogP contribution in [-0.4, -0.2) is 49.5 Å². The molecular formula is C21H24N2O4S. The molecule has 0 N–H and O–H groups in total. The highest BCUT2D eigenvalue weighted by Gasteiger charge is 2.43. The summed E-state index contributed by atoms with van der Waals surface area (Å²) in [6.07, 6.45) is 0.300. The third-order valence-corrected chi connectivity index (χ3v) is 7.47. The van der Waals surface area contributed by atoms with Crippen molar-refractivity contribution in [2.24, 2.45) is 5.92 Å². The predicted molar refractivity (Wildman–Crippen MR) is 105 cm³/mol. The lowest BCUT2D eigenvalue weighted by Gasteiger charge is -2.46. The Morgan fingerprint density at radius 2 is 1.79 bits per heavy atom. The maximum atomic E-state index is 13.1. The minimum Gasteiger partial charge on any atom is -0.449 e. The number of cyclic esters (lactones) is 1. The maximum absolute atomic E-state index is 13.1. The SMILES string of the molecule is Cc1ccc(S(=O)(=O)N2CC[C@@H]3COC(=O)N(Cc4ccccc4)[C@@H]3C2)cc1. The smallest absolute Gasteiger partial charge is 0.410 e. The molecule has 6 nitrogen and oxygen atoms in total. The van der Waals surface area contributed by atoms with Crippen LogP contribution in [0.3, 0.4) is 0 Å². The number of hydrogen-bond donors (Lipinski definition) is 0. The van der Waals surface area contributed by atoms with E-state index in [0.717, 1.165) is 11.1 Å². The Kier molecular flexibility index (Phi) is 5.12. The van der Waals surface area contributed by atoms with Gasteiger partial charge in [-0.3, -0.25) is 4.90 Å². The number of rotatable bonds is 4. The lowest BCUT2D eigenvalue weighted by Crippen LogP contribution is -2.59. The van der Waals surface area contributed by atoms with Gasteiger partial charge in [-0.1, -0.05) is 48.0 Å². The van der Waals surface area contributed by atoms with E-state index in [4.69, 9.17) is 4.74 Å². The number of carbonyl (C=O) groups excluding carboxylic acids is 1. The molecule has 0 aliphatic carbocycles. The van der Waals surface area contributed by atoms with Gasteiger partial charge in [-0.05, 0) is 31.0 Å². The van der Waals surface area contributed by atoms with Crippen LogP contribution in [0.5, 0.6) is 0 Å². The molecule has 0 saturated carbocycles. The summed E-state index contributed by atoms with van der Waals surface area (Å²) < 4.78 is 33.1. The first kappa shape index (κ1) is 19.0. The zero-order valence-corrected chi connectivity index (χ0v) is 16.6. The molecule has 2 fully saturated rings. The average molecular weight is 401 g/mol. The fraction of sp³-hybridized carbons (Fsp3) is 0.381. The molecule has 2 heterocycles. The zero-order valence-electron chi connectivity index (χ0n) is 15.8. The van der Waals surface area contributed by atoms with Crippen molar-refractivity contribution in [2.45, 2.75) is 30.8 Å². The second-order valence-electron chi connectivity index (χ2n) is 7.48. The predicted octanol–water partition coefficient (Wildman–Crippen LogP) is 3.03. The van der Waals surface area contributed by atoms with Gasteiger partial charge in [0.25, 0.3) is 0 Å². The molecule has 0 aromatic heterocycles. The first-order chi connectivity index (χ1) is 13.4. The van der Waals surface area contributed by atoms with Crippen LogP contribution in [0.15, 0.2) is 59.5 Å². The lowest BCUT2D eigenvalue weighted by atomic mass is 9.91. The van der Waals surface area contributed by atoms with Crippen LogP contribution in [0.25, 0.3) is 0 Å². The quantitative estimate of drug-likeness (QED) is 0.791. The molecule has 2 atom stereocenters. The molecule has 7 heteroatoms. The molecule has 2 aromatic rings. The second kappa shape index (κ2) is 7.56. The van der Waals surface area contributed by atoms with Crippen molar-refractivity contribution >= 4 is 16.1 Å². The summed E-state index contributed by atoms with van der Waals surface area (Å²) in [6.45, 7) is 3.43. The van der Waals surface area contributed by atoms with Gasteiger partial charge in [0, 0.05) is 25.6 Å². The van der Waals surface area contributed by atoms with Gasteiger partial charge in [0.15, 0.2) is 0 Å². The highest BCUT2D eigenvalue weighted by atomic mass is 32.2. The molecule has 0 spiro atoms. The number of aryl methyl sites for hydroxylation is 1. The largest absolute Gasteiger partial charge is 0.449 e. The molecule has 2 aliphatic heterocycles. The number of hydrogen-bond acceptors (Lipinski definition) is 4. The Morgan fingerprint density at radius 1 is 1.07 bits per heavy atom. The third kappa shape index (κ3) is 3.64. The molecule has 0 radical (unpaired) electrons. The average Bonchev–Trinajstić information content (AvgIpc) is 2.71. The van der Waals surface area contributed by atoms with Crippen LogP contribution in [0, 0.1) is 12.8 Å². The van der Waals surface area contributed by atoms with E-state index < -0.39 is 10.0 Å². The molecule has 4 rings (SSSR count). The van der Waals surface area contributed by atoms with E-state index in [1.807, 2.05) is 37.3 Å². The Hall–Kier alpha value is -2.38. The van der Waals surface area contributed by atoms with E-state index in [2.05, 4.69) is 0 Å². The van der Waals surface area contributed by atoms with Crippen molar-refractivity contribution in [3.05, 3.63) is 65.7 Å². The van der Waals surface area contributed by atoms with Crippen LogP contribution < -0.4 is 0 Å². The van der Waals surface area contributed by atoms with Crippen molar-refractivity contribution in [1.82, 2.24) is 9.21 Å². The number of nitrogens with zero attached hydrogens (tertiary/aromatic N) is 2. The van der Waals surface area contributed by atoms with Crippen molar-refractivity contribution in [3.63, 3.8) is 0 Å². The normalized spacial score (nSPS) is 23.2. The Balaban J connectivity index is 1.58. The van der Waals surface area contributed by atoms with Crippen LogP contribution in [0.4, 0.5) is 4.79 Å². The summed E-state index contributed by atoms with van der Waals surface area (Å²) in [7, 11) is -3.59. The molecular weight excluding hydrogens is 376 g/mol. The summed E-state index contributed by atoms with van der Waals surface area (Å²) in [5.41, 5.74) is 2.01. The number of fused-ring (bicyclic) bond motifs is 1. The molecule has 0 unspecified atom stereocenters. The van der Waals surface area contributed by atoms with Crippen molar-refractivity contribution in [1.29, 1.82) is 0 Å². The van der Waals surface area contributed by atoms with E-state index in [1.165, 1.54) is 4.31 Å².